The van der Waals surface area contributed by atoms with Gasteiger partial charge in [0.25, 0.3) is 11.8 Å². The van der Waals surface area contributed by atoms with Crippen molar-refractivity contribution in [2.75, 3.05) is 17.3 Å². The van der Waals surface area contributed by atoms with Gasteiger partial charge in [0.05, 0.1) is 23.4 Å². The molecule has 0 aromatic heterocycles. The number of nitrogens with zero attached hydrogens (tertiary/aromatic N) is 1. The second-order valence-electron chi connectivity index (χ2n) is 7.47. The van der Waals surface area contributed by atoms with E-state index in [4.69, 9.17) is 16.3 Å². The maximum Gasteiger partial charge on any atom is 0.282 e. The van der Waals surface area contributed by atoms with Crippen LogP contribution in [-0.4, -0.2) is 18.9 Å². The predicted molar refractivity (Wildman–Crippen MR) is 123 cm³/mol. The Morgan fingerprint density at radius 3 is 2.31 bits per heavy atom. The molecule has 5 nitrogen and oxygen atoms in total. The van der Waals surface area contributed by atoms with Gasteiger partial charge in [0.1, 0.15) is 17.3 Å². The minimum absolute atomic E-state index is 0.134. The van der Waals surface area contributed by atoms with Crippen LogP contribution in [-0.2, 0) is 9.59 Å². The van der Waals surface area contributed by atoms with Crippen molar-refractivity contribution in [3.63, 3.8) is 0 Å². The number of hydrogen-bond acceptors (Lipinski definition) is 4. The summed E-state index contributed by atoms with van der Waals surface area (Å²) in [7, 11) is 1.55. The Labute approximate surface area is 190 Å². The fourth-order valence-electron chi connectivity index (χ4n) is 3.53. The Kier molecular flexibility index (Phi) is 5.72. The first-order valence-electron chi connectivity index (χ1n) is 9.87. The number of carbonyl (C=O) groups is 2. The molecule has 7 heteroatoms. The summed E-state index contributed by atoms with van der Waals surface area (Å²) >= 11 is 5.91. The van der Waals surface area contributed by atoms with E-state index < -0.39 is 17.6 Å². The molecule has 2 amide bonds. The second kappa shape index (κ2) is 8.48. The van der Waals surface area contributed by atoms with E-state index in [1.54, 1.807) is 31.4 Å². The Balaban J connectivity index is 1.84. The van der Waals surface area contributed by atoms with Gasteiger partial charge in [-0.3, -0.25) is 9.59 Å². The van der Waals surface area contributed by atoms with E-state index in [-0.39, 0.29) is 22.0 Å². The molecule has 32 heavy (non-hydrogen) atoms. The van der Waals surface area contributed by atoms with Crippen LogP contribution in [0.25, 0.3) is 5.57 Å². The molecule has 1 N–H and O–H groups in total. The Morgan fingerprint density at radius 2 is 1.66 bits per heavy atom. The zero-order valence-electron chi connectivity index (χ0n) is 17.7. The highest BCUT2D eigenvalue weighted by Crippen LogP contribution is 2.36. The third-order valence-corrected chi connectivity index (χ3v) is 5.57. The molecular weight excluding hydrogens is 431 g/mol. The van der Waals surface area contributed by atoms with Gasteiger partial charge in [-0.2, -0.15) is 0 Å². The van der Waals surface area contributed by atoms with E-state index >= 15 is 0 Å². The van der Waals surface area contributed by atoms with Crippen LogP contribution in [0.2, 0.25) is 5.02 Å². The number of ether oxygens (including phenoxy) is 1. The lowest BCUT2D eigenvalue weighted by Gasteiger charge is -2.16. The fourth-order valence-corrected chi connectivity index (χ4v) is 3.71. The average molecular weight is 451 g/mol. The van der Waals surface area contributed by atoms with E-state index in [0.717, 1.165) is 22.1 Å². The summed E-state index contributed by atoms with van der Waals surface area (Å²) in [6, 6.07) is 16.4. The van der Waals surface area contributed by atoms with Crippen molar-refractivity contribution in [1.29, 1.82) is 0 Å². The molecule has 0 radical (unpaired) electrons. The number of benzene rings is 3. The minimum Gasteiger partial charge on any atom is -0.497 e. The van der Waals surface area contributed by atoms with Gasteiger partial charge in [0.2, 0.25) is 0 Å². The normalized spacial score (nSPS) is 13.7. The molecule has 0 saturated carbocycles. The molecule has 162 valence electrons. The molecule has 0 spiro atoms. The summed E-state index contributed by atoms with van der Waals surface area (Å²) in [4.78, 5) is 27.9. The summed E-state index contributed by atoms with van der Waals surface area (Å²) in [6.07, 6.45) is 0. The zero-order chi connectivity index (χ0) is 23.0. The summed E-state index contributed by atoms with van der Waals surface area (Å²) in [6.45, 7) is 3.85. The van der Waals surface area contributed by atoms with Crippen LogP contribution in [0.15, 0.2) is 66.4 Å². The highest BCUT2D eigenvalue weighted by Gasteiger charge is 2.40. The Morgan fingerprint density at radius 1 is 0.938 bits per heavy atom. The Bertz CT molecular complexity index is 1270. The standard InChI is InChI=1S/C25H20ClFN2O3/c1-14-4-5-15(2)21(12-14)28-23-22(16-6-9-18(32-3)10-7-16)24(30)29(25(23)31)17-8-11-20(27)19(26)13-17/h4-13,28H,1-3H3. The Hall–Kier alpha value is -3.64. The van der Waals surface area contributed by atoms with Crippen molar-refractivity contribution in [1.82, 2.24) is 0 Å². The number of hydrogen-bond donors (Lipinski definition) is 1. The van der Waals surface area contributed by atoms with Crippen molar-refractivity contribution in [2.24, 2.45) is 0 Å². The number of halogens is 2. The second-order valence-corrected chi connectivity index (χ2v) is 7.87. The molecule has 1 heterocycles. The van der Waals surface area contributed by atoms with Crippen molar-refractivity contribution in [2.45, 2.75) is 13.8 Å². The number of nitrogens with one attached hydrogen (secondary N) is 1. The molecule has 0 atom stereocenters. The van der Waals surface area contributed by atoms with Gasteiger partial charge in [-0.25, -0.2) is 9.29 Å². The third-order valence-electron chi connectivity index (χ3n) is 5.28. The quantitative estimate of drug-likeness (QED) is 0.521. The number of carbonyl (C=O) groups excluding carboxylic acids is 2. The van der Waals surface area contributed by atoms with Crippen molar-refractivity contribution < 1.29 is 18.7 Å². The fraction of sp³-hybridized carbons (Fsp3) is 0.120. The average Bonchev–Trinajstić information content (AvgIpc) is 3.02. The van der Waals surface area contributed by atoms with Crippen LogP contribution in [0.4, 0.5) is 15.8 Å². The van der Waals surface area contributed by atoms with Gasteiger partial charge in [0, 0.05) is 5.69 Å². The molecule has 0 bridgehead atoms. The van der Waals surface area contributed by atoms with E-state index in [2.05, 4.69) is 5.32 Å². The molecule has 0 fully saturated rings. The molecule has 3 aromatic rings. The SMILES string of the molecule is COc1ccc(C2=C(Nc3cc(C)ccc3C)C(=O)N(c3ccc(F)c(Cl)c3)C2=O)cc1. The number of amides is 2. The lowest BCUT2D eigenvalue weighted by molar-refractivity contribution is -0.120. The number of rotatable bonds is 5. The van der Waals surface area contributed by atoms with E-state index in [0.29, 0.717) is 17.0 Å². The first kappa shape index (κ1) is 21.6. The number of anilines is 2. The van der Waals surface area contributed by atoms with Gasteiger partial charge in [-0.1, -0.05) is 35.9 Å². The van der Waals surface area contributed by atoms with Crippen molar-refractivity contribution >= 4 is 40.4 Å². The lowest BCUT2D eigenvalue weighted by Crippen LogP contribution is -2.32. The van der Waals surface area contributed by atoms with Gasteiger partial charge in [-0.05, 0) is 66.9 Å². The molecular formula is C25H20ClFN2O3. The maximum absolute atomic E-state index is 13.7. The molecule has 0 unspecified atom stereocenters. The third kappa shape index (κ3) is 3.85. The van der Waals surface area contributed by atoms with E-state index in [1.165, 1.54) is 12.1 Å². The topological polar surface area (TPSA) is 58.6 Å². The molecule has 1 aliphatic rings. The van der Waals surface area contributed by atoms with Crippen molar-refractivity contribution in [3.8, 4) is 5.75 Å². The minimum atomic E-state index is -0.633. The first-order valence-corrected chi connectivity index (χ1v) is 10.2. The van der Waals surface area contributed by atoms with Gasteiger partial charge in [0.15, 0.2) is 0 Å². The largest absolute Gasteiger partial charge is 0.497 e. The molecule has 3 aromatic carbocycles. The predicted octanol–water partition coefficient (Wildman–Crippen LogP) is 5.50. The highest BCUT2D eigenvalue weighted by molar-refractivity contribution is 6.46. The first-order chi connectivity index (χ1) is 15.3. The molecule has 4 rings (SSSR count). The van der Waals surface area contributed by atoms with Crippen LogP contribution in [0.1, 0.15) is 16.7 Å². The maximum atomic E-state index is 13.7. The van der Waals surface area contributed by atoms with Crippen LogP contribution < -0.4 is 15.0 Å². The van der Waals surface area contributed by atoms with E-state index in [9.17, 15) is 14.0 Å². The van der Waals surface area contributed by atoms with Crippen LogP contribution in [0, 0.1) is 19.7 Å². The molecule has 1 aliphatic heterocycles. The van der Waals surface area contributed by atoms with Crippen LogP contribution >= 0.6 is 11.6 Å². The zero-order valence-corrected chi connectivity index (χ0v) is 18.5. The smallest absolute Gasteiger partial charge is 0.282 e. The monoisotopic (exact) mass is 450 g/mol. The lowest BCUT2D eigenvalue weighted by atomic mass is 10.0. The summed E-state index contributed by atoms with van der Waals surface area (Å²) < 4.78 is 18.9. The number of methoxy groups -OCH3 is 1. The van der Waals surface area contributed by atoms with Gasteiger partial charge < -0.3 is 10.1 Å². The highest BCUT2D eigenvalue weighted by atomic mass is 35.5. The van der Waals surface area contributed by atoms with Gasteiger partial charge in [-0.15, -0.1) is 0 Å². The molecule has 0 aliphatic carbocycles. The van der Waals surface area contributed by atoms with Gasteiger partial charge >= 0.3 is 0 Å². The summed E-state index contributed by atoms with van der Waals surface area (Å²) in [5.41, 5.74) is 3.71. The molecule has 0 saturated heterocycles. The number of imide groups is 1. The summed E-state index contributed by atoms with van der Waals surface area (Å²) in [5.74, 6) is -1.09. The summed E-state index contributed by atoms with van der Waals surface area (Å²) in [5, 5.41) is 2.99. The van der Waals surface area contributed by atoms with Crippen LogP contribution in [0.3, 0.4) is 0 Å². The number of aryl methyl sites for hydroxylation is 2. The van der Waals surface area contributed by atoms with Crippen LogP contribution in [0.5, 0.6) is 5.75 Å². The van der Waals surface area contributed by atoms with Crippen molar-refractivity contribution in [3.05, 3.63) is 93.9 Å². The van der Waals surface area contributed by atoms with E-state index in [1.807, 2.05) is 32.0 Å².